The molecule has 1 aromatic rings. The van der Waals surface area contributed by atoms with E-state index in [9.17, 15) is 0 Å². The van der Waals surface area contributed by atoms with Crippen LogP contribution in [0.1, 0.15) is 57.3 Å². The molecule has 2 rings (SSSR count). The maximum absolute atomic E-state index is 4.34. The maximum atomic E-state index is 4.34. The molecule has 1 aliphatic rings. The lowest BCUT2D eigenvalue weighted by Crippen LogP contribution is -2.40. The van der Waals surface area contributed by atoms with Gasteiger partial charge >= 0.3 is 0 Å². The Morgan fingerprint density at radius 3 is 2.72 bits per heavy atom. The summed E-state index contributed by atoms with van der Waals surface area (Å²) in [5.74, 6) is 1.65. The zero-order valence-corrected chi connectivity index (χ0v) is 12.4. The van der Waals surface area contributed by atoms with Crippen molar-refractivity contribution in [2.45, 2.75) is 59.0 Å². The SMILES string of the molecule is Cc1c(C(C)NC2CC(C)CCC2C)cnn1C. The van der Waals surface area contributed by atoms with Crippen LogP contribution < -0.4 is 5.32 Å². The van der Waals surface area contributed by atoms with Crippen molar-refractivity contribution < 1.29 is 0 Å². The predicted octanol–water partition coefficient (Wildman–Crippen LogP) is 3.20. The van der Waals surface area contributed by atoms with E-state index in [2.05, 4.69) is 38.1 Å². The molecule has 1 aliphatic carbocycles. The van der Waals surface area contributed by atoms with Crippen LogP contribution in [0.15, 0.2) is 6.20 Å². The van der Waals surface area contributed by atoms with E-state index in [1.165, 1.54) is 30.5 Å². The Bertz CT molecular complexity index is 396. The molecule has 0 saturated heterocycles. The summed E-state index contributed by atoms with van der Waals surface area (Å²) in [7, 11) is 2.01. The lowest BCUT2D eigenvalue weighted by molar-refractivity contribution is 0.216. The fraction of sp³-hybridized carbons (Fsp3) is 0.800. The average molecular weight is 249 g/mol. The van der Waals surface area contributed by atoms with Gasteiger partial charge in [-0.05, 0) is 38.5 Å². The Labute approximate surface area is 111 Å². The molecular formula is C15H27N3. The highest BCUT2D eigenvalue weighted by molar-refractivity contribution is 5.20. The van der Waals surface area contributed by atoms with Crippen molar-refractivity contribution in [1.82, 2.24) is 15.1 Å². The minimum Gasteiger partial charge on any atom is -0.307 e. The van der Waals surface area contributed by atoms with Crippen molar-refractivity contribution in [2.75, 3.05) is 0 Å². The molecule has 0 bridgehead atoms. The molecule has 4 unspecified atom stereocenters. The molecule has 4 atom stereocenters. The van der Waals surface area contributed by atoms with E-state index >= 15 is 0 Å². The van der Waals surface area contributed by atoms with Gasteiger partial charge in [0.05, 0.1) is 6.20 Å². The Morgan fingerprint density at radius 1 is 1.39 bits per heavy atom. The van der Waals surface area contributed by atoms with E-state index in [4.69, 9.17) is 0 Å². The fourth-order valence-electron chi connectivity index (χ4n) is 3.12. The number of nitrogens with zero attached hydrogens (tertiary/aromatic N) is 2. The summed E-state index contributed by atoms with van der Waals surface area (Å²) >= 11 is 0. The molecule has 0 radical (unpaired) electrons. The second-order valence-electron chi connectivity index (χ2n) is 6.20. The van der Waals surface area contributed by atoms with Gasteiger partial charge in [0.1, 0.15) is 0 Å². The minimum absolute atomic E-state index is 0.399. The largest absolute Gasteiger partial charge is 0.307 e. The highest BCUT2D eigenvalue weighted by Crippen LogP contribution is 2.30. The van der Waals surface area contributed by atoms with Crippen molar-refractivity contribution in [2.24, 2.45) is 18.9 Å². The first-order valence-electron chi connectivity index (χ1n) is 7.23. The number of aryl methyl sites for hydroxylation is 1. The van der Waals surface area contributed by atoms with Gasteiger partial charge in [-0.15, -0.1) is 0 Å². The van der Waals surface area contributed by atoms with Gasteiger partial charge in [0.2, 0.25) is 0 Å². The molecule has 3 heteroatoms. The van der Waals surface area contributed by atoms with Gasteiger partial charge in [-0.1, -0.05) is 20.3 Å². The topological polar surface area (TPSA) is 29.9 Å². The third-order valence-electron chi connectivity index (χ3n) is 4.66. The van der Waals surface area contributed by atoms with Gasteiger partial charge in [-0.25, -0.2) is 0 Å². The van der Waals surface area contributed by atoms with Crippen molar-refractivity contribution in [3.63, 3.8) is 0 Å². The molecule has 1 fully saturated rings. The number of hydrogen-bond donors (Lipinski definition) is 1. The van der Waals surface area contributed by atoms with Gasteiger partial charge in [0.15, 0.2) is 0 Å². The summed E-state index contributed by atoms with van der Waals surface area (Å²) in [5, 5.41) is 8.16. The zero-order valence-electron chi connectivity index (χ0n) is 12.4. The Hall–Kier alpha value is -0.830. The summed E-state index contributed by atoms with van der Waals surface area (Å²) in [6.45, 7) is 9.16. The number of rotatable bonds is 3. The second kappa shape index (κ2) is 5.43. The van der Waals surface area contributed by atoms with Crippen LogP contribution in [0, 0.1) is 18.8 Å². The third-order valence-corrected chi connectivity index (χ3v) is 4.66. The van der Waals surface area contributed by atoms with Crippen LogP contribution in [-0.4, -0.2) is 15.8 Å². The first-order chi connectivity index (χ1) is 8.49. The number of aromatic nitrogens is 2. The minimum atomic E-state index is 0.399. The van der Waals surface area contributed by atoms with Crippen LogP contribution in [0.3, 0.4) is 0 Å². The molecule has 1 N–H and O–H groups in total. The van der Waals surface area contributed by atoms with Crippen LogP contribution in [-0.2, 0) is 7.05 Å². The quantitative estimate of drug-likeness (QED) is 0.891. The molecule has 102 valence electrons. The van der Waals surface area contributed by atoms with Gasteiger partial charge < -0.3 is 5.32 Å². The number of nitrogens with one attached hydrogen (secondary N) is 1. The van der Waals surface area contributed by atoms with Crippen molar-refractivity contribution in [3.8, 4) is 0 Å². The molecular weight excluding hydrogens is 222 g/mol. The molecule has 0 aromatic carbocycles. The summed E-state index contributed by atoms with van der Waals surface area (Å²) < 4.78 is 1.96. The van der Waals surface area contributed by atoms with Crippen molar-refractivity contribution in [3.05, 3.63) is 17.5 Å². The second-order valence-corrected chi connectivity index (χ2v) is 6.20. The highest BCUT2D eigenvalue weighted by Gasteiger charge is 2.27. The van der Waals surface area contributed by atoms with E-state index in [-0.39, 0.29) is 0 Å². The summed E-state index contributed by atoms with van der Waals surface area (Å²) in [4.78, 5) is 0. The van der Waals surface area contributed by atoms with Crippen LogP contribution in [0.25, 0.3) is 0 Å². The molecule has 0 aliphatic heterocycles. The maximum Gasteiger partial charge on any atom is 0.0540 e. The van der Waals surface area contributed by atoms with Crippen LogP contribution >= 0.6 is 0 Å². The highest BCUT2D eigenvalue weighted by atomic mass is 15.3. The first kappa shape index (κ1) is 13.6. The molecule has 3 nitrogen and oxygen atoms in total. The van der Waals surface area contributed by atoms with Gasteiger partial charge in [-0.2, -0.15) is 5.10 Å². The van der Waals surface area contributed by atoms with Crippen LogP contribution in [0.2, 0.25) is 0 Å². The third kappa shape index (κ3) is 2.77. The van der Waals surface area contributed by atoms with E-state index in [1.54, 1.807) is 0 Å². The lowest BCUT2D eigenvalue weighted by atomic mass is 9.79. The predicted molar refractivity (Wildman–Crippen MR) is 75.5 cm³/mol. The molecule has 18 heavy (non-hydrogen) atoms. The normalized spacial score (nSPS) is 30.4. The Balaban J connectivity index is 2.02. The summed E-state index contributed by atoms with van der Waals surface area (Å²) in [6, 6.07) is 1.06. The molecule has 1 saturated carbocycles. The summed E-state index contributed by atoms with van der Waals surface area (Å²) in [6.07, 6.45) is 6.06. The molecule has 1 aromatic heterocycles. The van der Waals surface area contributed by atoms with E-state index in [0.29, 0.717) is 12.1 Å². The van der Waals surface area contributed by atoms with E-state index < -0.39 is 0 Å². The summed E-state index contributed by atoms with van der Waals surface area (Å²) in [5.41, 5.74) is 2.61. The van der Waals surface area contributed by atoms with Crippen molar-refractivity contribution >= 4 is 0 Å². The monoisotopic (exact) mass is 249 g/mol. The van der Waals surface area contributed by atoms with Crippen LogP contribution in [0.5, 0.6) is 0 Å². The van der Waals surface area contributed by atoms with E-state index in [0.717, 1.165) is 11.8 Å². The first-order valence-corrected chi connectivity index (χ1v) is 7.23. The van der Waals surface area contributed by atoms with Gasteiger partial charge in [-0.3, -0.25) is 4.68 Å². The Kier molecular flexibility index (Phi) is 4.10. The molecule has 0 spiro atoms. The van der Waals surface area contributed by atoms with Crippen molar-refractivity contribution in [1.29, 1.82) is 0 Å². The molecule has 0 amide bonds. The average Bonchev–Trinajstić information content (AvgIpc) is 2.65. The fourth-order valence-corrected chi connectivity index (χ4v) is 3.12. The van der Waals surface area contributed by atoms with Gasteiger partial charge in [0, 0.05) is 30.4 Å². The Morgan fingerprint density at radius 2 is 2.11 bits per heavy atom. The number of hydrogen-bond acceptors (Lipinski definition) is 2. The smallest absolute Gasteiger partial charge is 0.0540 e. The van der Waals surface area contributed by atoms with E-state index in [1.807, 2.05) is 17.9 Å². The standard InChI is InChI=1S/C15H27N3/c1-10-6-7-11(2)15(8-10)17-12(3)14-9-16-18(5)13(14)4/h9-12,15,17H,6-8H2,1-5H3. The van der Waals surface area contributed by atoms with Crippen LogP contribution in [0.4, 0.5) is 0 Å². The van der Waals surface area contributed by atoms with Gasteiger partial charge in [0.25, 0.3) is 0 Å². The molecule has 1 heterocycles. The zero-order chi connectivity index (χ0) is 13.3. The lowest BCUT2D eigenvalue weighted by Gasteiger charge is -2.35.